The highest BCUT2D eigenvalue weighted by atomic mass is 16.5. The lowest BCUT2D eigenvalue weighted by Gasteiger charge is -2.27. The molecule has 0 aromatic heterocycles. The second-order valence-electron chi connectivity index (χ2n) is 4.28. The summed E-state index contributed by atoms with van der Waals surface area (Å²) in [6, 6.07) is 0.273. The van der Waals surface area contributed by atoms with Crippen LogP contribution in [0.15, 0.2) is 0 Å². The van der Waals surface area contributed by atoms with Crippen molar-refractivity contribution in [1.82, 2.24) is 4.90 Å². The molecule has 3 nitrogen and oxygen atoms in total. The van der Waals surface area contributed by atoms with Gasteiger partial charge in [0.15, 0.2) is 0 Å². The lowest BCUT2D eigenvalue weighted by atomic mass is 10.0. The molecule has 0 aliphatic carbocycles. The fourth-order valence-electron chi connectivity index (χ4n) is 1.96. The fourth-order valence-corrected chi connectivity index (χ4v) is 1.96. The maximum absolute atomic E-state index is 5.73. The van der Waals surface area contributed by atoms with Crippen LogP contribution >= 0.6 is 0 Å². The van der Waals surface area contributed by atoms with Crippen LogP contribution in [0.25, 0.3) is 0 Å². The van der Waals surface area contributed by atoms with Gasteiger partial charge in [0.2, 0.25) is 0 Å². The Balaban J connectivity index is 2.14. The SMILES string of the molecule is C[C@H](N)CN(C)CC1CCCOC1. The van der Waals surface area contributed by atoms with Crippen LogP contribution in [0.3, 0.4) is 0 Å². The van der Waals surface area contributed by atoms with E-state index in [0.29, 0.717) is 0 Å². The third kappa shape index (κ3) is 4.60. The summed E-state index contributed by atoms with van der Waals surface area (Å²) in [4.78, 5) is 2.31. The van der Waals surface area contributed by atoms with Crippen LogP contribution in [0.5, 0.6) is 0 Å². The van der Waals surface area contributed by atoms with E-state index in [1.54, 1.807) is 0 Å². The Morgan fingerprint density at radius 2 is 2.38 bits per heavy atom. The number of hydrogen-bond acceptors (Lipinski definition) is 3. The number of nitrogens with two attached hydrogens (primary N) is 1. The largest absolute Gasteiger partial charge is 0.381 e. The second-order valence-corrected chi connectivity index (χ2v) is 4.28. The van der Waals surface area contributed by atoms with Crippen LogP contribution < -0.4 is 5.73 Å². The number of rotatable bonds is 4. The van der Waals surface area contributed by atoms with Gasteiger partial charge in [-0.05, 0) is 32.7 Å². The smallest absolute Gasteiger partial charge is 0.0506 e. The summed E-state index contributed by atoms with van der Waals surface area (Å²) >= 11 is 0. The summed E-state index contributed by atoms with van der Waals surface area (Å²) in [5.41, 5.74) is 5.73. The Morgan fingerprint density at radius 3 is 2.92 bits per heavy atom. The molecule has 1 rings (SSSR count). The number of likely N-dealkylation sites (N-methyl/N-ethyl adjacent to an activating group) is 1. The Bertz CT molecular complexity index is 133. The lowest BCUT2D eigenvalue weighted by molar-refractivity contribution is 0.0416. The van der Waals surface area contributed by atoms with Gasteiger partial charge >= 0.3 is 0 Å². The highest BCUT2D eigenvalue weighted by Crippen LogP contribution is 2.14. The molecule has 1 heterocycles. The van der Waals surface area contributed by atoms with Crippen molar-refractivity contribution < 1.29 is 4.74 Å². The molecule has 1 fully saturated rings. The van der Waals surface area contributed by atoms with Gasteiger partial charge in [0.05, 0.1) is 6.61 Å². The molecule has 78 valence electrons. The maximum atomic E-state index is 5.73. The van der Waals surface area contributed by atoms with E-state index >= 15 is 0 Å². The van der Waals surface area contributed by atoms with E-state index in [1.165, 1.54) is 12.8 Å². The zero-order valence-corrected chi connectivity index (χ0v) is 8.83. The summed E-state index contributed by atoms with van der Waals surface area (Å²) in [7, 11) is 2.14. The molecule has 0 radical (unpaired) electrons. The third-order valence-corrected chi connectivity index (χ3v) is 2.42. The standard InChI is InChI=1S/C10H22N2O/c1-9(11)6-12(2)7-10-4-3-5-13-8-10/h9-10H,3-8,11H2,1-2H3/t9-,10?/m0/s1. The molecule has 3 heteroatoms. The molecule has 0 aromatic rings. The van der Waals surface area contributed by atoms with E-state index in [-0.39, 0.29) is 6.04 Å². The van der Waals surface area contributed by atoms with Crippen molar-refractivity contribution in [3.8, 4) is 0 Å². The molecule has 0 amide bonds. The predicted molar refractivity (Wildman–Crippen MR) is 54.7 cm³/mol. The Labute approximate surface area is 81.2 Å². The minimum atomic E-state index is 0.273. The van der Waals surface area contributed by atoms with Crippen molar-refractivity contribution in [3.63, 3.8) is 0 Å². The second kappa shape index (κ2) is 5.58. The van der Waals surface area contributed by atoms with Gasteiger partial charge in [-0.2, -0.15) is 0 Å². The normalized spacial score (nSPS) is 26.3. The molecule has 1 saturated heterocycles. The van der Waals surface area contributed by atoms with Crippen LogP contribution in [-0.2, 0) is 4.74 Å². The van der Waals surface area contributed by atoms with Crippen molar-refractivity contribution in [3.05, 3.63) is 0 Å². The van der Waals surface area contributed by atoms with Gasteiger partial charge in [0.25, 0.3) is 0 Å². The van der Waals surface area contributed by atoms with Gasteiger partial charge in [0, 0.05) is 25.7 Å². The quantitative estimate of drug-likeness (QED) is 0.702. The monoisotopic (exact) mass is 186 g/mol. The third-order valence-electron chi connectivity index (χ3n) is 2.42. The van der Waals surface area contributed by atoms with Crippen molar-refractivity contribution in [1.29, 1.82) is 0 Å². The Hall–Kier alpha value is -0.120. The molecule has 0 aromatic carbocycles. The Kier molecular flexibility index (Phi) is 4.70. The zero-order chi connectivity index (χ0) is 9.68. The van der Waals surface area contributed by atoms with Crippen LogP contribution in [0.1, 0.15) is 19.8 Å². The molecule has 1 unspecified atom stereocenters. The molecular weight excluding hydrogens is 164 g/mol. The van der Waals surface area contributed by atoms with Crippen LogP contribution in [0.2, 0.25) is 0 Å². The molecular formula is C10H22N2O. The highest BCUT2D eigenvalue weighted by molar-refractivity contribution is 4.68. The lowest BCUT2D eigenvalue weighted by Crippen LogP contribution is -2.37. The van der Waals surface area contributed by atoms with E-state index in [4.69, 9.17) is 10.5 Å². The van der Waals surface area contributed by atoms with E-state index < -0.39 is 0 Å². The first-order valence-corrected chi connectivity index (χ1v) is 5.20. The molecule has 2 atom stereocenters. The van der Waals surface area contributed by atoms with Gasteiger partial charge in [0.1, 0.15) is 0 Å². The number of nitrogens with zero attached hydrogens (tertiary/aromatic N) is 1. The molecule has 13 heavy (non-hydrogen) atoms. The zero-order valence-electron chi connectivity index (χ0n) is 8.83. The van der Waals surface area contributed by atoms with Crippen molar-refractivity contribution >= 4 is 0 Å². The first-order chi connectivity index (χ1) is 6.18. The topological polar surface area (TPSA) is 38.5 Å². The molecule has 0 spiro atoms. The first kappa shape index (κ1) is 11.0. The summed E-state index contributed by atoms with van der Waals surface area (Å²) in [5.74, 6) is 0.720. The van der Waals surface area contributed by atoms with Crippen molar-refractivity contribution in [2.24, 2.45) is 11.7 Å². The average molecular weight is 186 g/mol. The van der Waals surface area contributed by atoms with Crippen LogP contribution in [-0.4, -0.2) is 44.3 Å². The fraction of sp³-hybridized carbons (Fsp3) is 1.00. The summed E-state index contributed by atoms with van der Waals surface area (Å²) < 4.78 is 5.43. The van der Waals surface area contributed by atoms with Crippen molar-refractivity contribution in [2.45, 2.75) is 25.8 Å². The van der Waals surface area contributed by atoms with Gasteiger partial charge < -0.3 is 15.4 Å². The summed E-state index contributed by atoms with van der Waals surface area (Å²) in [6.45, 7) is 6.04. The highest BCUT2D eigenvalue weighted by Gasteiger charge is 2.15. The Morgan fingerprint density at radius 1 is 1.62 bits per heavy atom. The van der Waals surface area contributed by atoms with E-state index in [2.05, 4.69) is 11.9 Å². The van der Waals surface area contributed by atoms with Gasteiger partial charge in [-0.15, -0.1) is 0 Å². The number of hydrogen-bond donors (Lipinski definition) is 1. The maximum Gasteiger partial charge on any atom is 0.0506 e. The average Bonchev–Trinajstić information content (AvgIpc) is 2.04. The summed E-state index contributed by atoms with van der Waals surface area (Å²) in [6.07, 6.45) is 2.53. The molecule has 1 aliphatic heterocycles. The molecule has 1 aliphatic rings. The van der Waals surface area contributed by atoms with Crippen LogP contribution in [0, 0.1) is 5.92 Å². The molecule has 2 N–H and O–H groups in total. The van der Waals surface area contributed by atoms with Gasteiger partial charge in [-0.1, -0.05) is 0 Å². The van der Waals surface area contributed by atoms with Crippen molar-refractivity contribution in [2.75, 3.05) is 33.4 Å². The van der Waals surface area contributed by atoms with E-state index in [9.17, 15) is 0 Å². The van der Waals surface area contributed by atoms with Gasteiger partial charge in [-0.3, -0.25) is 0 Å². The summed E-state index contributed by atoms with van der Waals surface area (Å²) in [5, 5.41) is 0. The first-order valence-electron chi connectivity index (χ1n) is 5.20. The minimum Gasteiger partial charge on any atom is -0.381 e. The van der Waals surface area contributed by atoms with E-state index in [0.717, 1.165) is 32.2 Å². The predicted octanol–water partition coefficient (Wildman–Crippen LogP) is 0.692. The number of ether oxygens (including phenoxy) is 1. The van der Waals surface area contributed by atoms with Crippen LogP contribution in [0.4, 0.5) is 0 Å². The molecule has 0 bridgehead atoms. The van der Waals surface area contributed by atoms with Gasteiger partial charge in [-0.25, -0.2) is 0 Å². The minimum absolute atomic E-state index is 0.273. The molecule has 0 saturated carbocycles. The van der Waals surface area contributed by atoms with E-state index in [1.807, 2.05) is 6.92 Å².